The highest BCUT2D eigenvalue weighted by Crippen LogP contribution is 2.33. The maximum absolute atomic E-state index is 13.2. The average Bonchev–Trinajstić information content (AvgIpc) is 2.99. The van der Waals surface area contributed by atoms with Gasteiger partial charge < -0.3 is 0 Å². The molecular formula is C18H16F3N3O2S. The summed E-state index contributed by atoms with van der Waals surface area (Å²) in [6.07, 6.45) is -4.71. The highest BCUT2D eigenvalue weighted by Gasteiger charge is 2.36. The molecule has 1 heterocycles. The van der Waals surface area contributed by atoms with Gasteiger partial charge >= 0.3 is 6.18 Å². The summed E-state index contributed by atoms with van der Waals surface area (Å²) >= 11 is 0. The first-order chi connectivity index (χ1) is 12.6. The first-order valence-corrected chi connectivity index (χ1v) is 9.39. The highest BCUT2D eigenvalue weighted by atomic mass is 32.2. The summed E-state index contributed by atoms with van der Waals surface area (Å²) in [5, 5.41) is 3.43. The molecule has 0 atom stereocenters. The van der Waals surface area contributed by atoms with Crippen molar-refractivity contribution >= 4 is 10.0 Å². The van der Waals surface area contributed by atoms with Crippen LogP contribution in [0.1, 0.15) is 16.8 Å². The molecule has 0 fully saturated rings. The van der Waals surface area contributed by atoms with E-state index >= 15 is 0 Å². The topological polar surface area (TPSA) is 64.0 Å². The molecule has 0 aliphatic heterocycles. The minimum absolute atomic E-state index is 0.000619. The molecule has 2 aromatic carbocycles. The van der Waals surface area contributed by atoms with Crippen LogP contribution in [0, 0.1) is 13.8 Å². The summed E-state index contributed by atoms with van der Waals surface area (Å²) in [6, 6.07) is 13.3. The lowest BCUT2D eigenvalue weighted by molar-refractivity contribution is -0.141. The fourth-order valence-corrected chi connectivity index (χ4v) is 3.64. The number of hydrogen-bond acceptors (Lipinski definition) is 3. The van der Waals surface area contributed by atoms with Crippen molar-refractivity contribution in [1.29, 1.82) is 0 Å². The maximum Gasteiger partial charge on any atom is 0.435 e. The van der Waals surface area contributed by atoms with Crippen molar-refractivity contribution in [2.24, 2.45) is 0 Å². The average molecular weight is 395 g/mol. The Bertz CT molecular complexity index is 1070. The van der Waals surface area contributed by atoms with Crippen molar-refractivity contribution in [3.63, 3.8) is 0 Å². The van der Waals surface area contributed by atoms with E-state index in [1.165, 1.54) is 24.3 Å². The van der Waals surface area contributed by atoms with Crippen LogP contribution in [0.15, 0.2) is 59.5 Å². The van der Waals surface area contributed by atoms with Crippen molar-refractivity contribution in [2.45, 2.75) is 24.9 Å². The molecule has 0 amide bonds. The molecule has 27 heavy (non-hydrogen) atoms. The Labute approximate surface area is 154 Å². The number of nitrogens with one attached hydrogen (secondary N) is 1. The number of hydrogen-bond donors (Lipinski definition) is 1. The molecule has 9 heteroatoms. The SMILES string of the molecule is Cc1ccc(-c2cc(C(F)(F)F)nn2NS(=O)(=O)c2ccccc2)c(C)c1. The number of aromatic nitrogens is 2. The maximum atomic E-state index is 13.2. The lowest BCUT2D eigenvalue weighted by Gasteiger charge is -2.13. The Kier molecular flexibility index (Phi) is 4.73. The van der Waals surface area contributed by atoms with Gasteiger partial charge in [-0.05, 0) is 37.6 Å². The van der Waals surface area contributed by atoms with Gasteiger partial charge in [-0.1, -0.05) is 42.0 Å². The zero-order valence-electron chi connectivity index (χ0n) is 14.4. The molecule has 3 aromatic rings. The number of halogens is 3. The second-order valence-electron chi connectivity index (χ2n) is 6.05. The molecule has 0 radical (unpaired) electrons. The minimum atomic E-state index is -4.71. The molecule has 0 saturated carbocycles. The van der Waals surface area contributed by atoms with E-state index < -0.39 is 21.9 Å². The zero-order valence-corrected chi connectivity index (χ0v) is 15.3. The molecule has 1 aromatic heterocycles. The third kappa shape index (κ3) is 3.97. The summed E-state index contributed by atoms with van der Waals surface area (Å²) in [6.45, 7) is 3.59. The molecule has 5 nitrogen and oxygen atoms in total. The van der Waals surface area contributed by atoms with Gasteiger partial charge in [0.15, 0.2) is 5.69 Å². The molecule has 0 bridgehead atoms. The Morgan fingerprint density at radius 2 is 1.67 bits per heavy atom. The number of aryl methyl sites for hydroxylation is 2. The second kappa shape index (κ2) is 6.73. The van der Waals surface area contributed by atoms with Crippen LogP contribution in [0.5, 0.6) is 0 Å². The van der Waals surface area contributed by atoms with Crippen LogP contribution in [0.3, 0.4) is 0 Å². The number of benzene rings is 2. The highest BCUT2D eigenvalue weighted by molar-refractivity contribution is 7.92. The second-order valence-corrected chi connectivity index (χ2v) is 7.71. The third-order valence-corrected chi connectivity index (χ3v) is 5.22. The number of nitrogens with zero attached hydrogens (tertiary/aromatic N) is 2. The molecule has 0 aliphatic rings. The summed E-state index contributed by atoms with van der Waals surface area (Å²) < 4.78 is 64.6. The molecule has 0 aliphatic carbocycles. The molecule has 142 valence electrons. The molecule has 1 N–H and O–H groups in total. The normalized spacial score (nSPS) is 12.2. The first-order valence-electron chi connectivity index (χ1n) is 7.91. The van der Waals surface area contributed by atoms with Crippen LogP contribution in [0.4, 0.5) is 13.2 Å². The van der Waals surface area contributed by atoms with Gasteiger partial charge in [0.05, 0.1) is 10.6 Å². The van der Waals surface area contributed by atoms with Gasteiger partial charge in [-0.15, -0.1) is 5.10 Å². The fourth-order valence-electron chi connectivity index (χ4n) is 2.65. The van der Waals surface area contributed by atoms with Gasteiger partial charge in [0.25, 0.3) is 10.0 Å². The Morgan fingerprint density at radius 1 is 1.00 bits per heavy atom. The van der Waals surface area contributed by atoms with Crippen molar-refractivity contribution in [3.05, 3.63) is 71.4 Å². The van der Waals surface area contributed by atoms with Crippen molar-refractivity contribution < 1.29 is 21.6 Å². The van der Waals surface area contributed by atoms with E-state index in [1.54, 1.807) is 31.2 Å². The van der Waals surface area contributed by atoms with Crippen LogP contribution in [0.2, 0.25) is 0 Å². The molecule has 0 unspecified atom stereocenters. The lowest BCUT2D eigenvalue weighted by atomic mass is 10.0. The van der Waals surface area contributed by atoms with Gasteiger partial charge in [-0.25, -0.2) is 0 Å². The molecule has 0 saturated heterocycles. The zero-order chi connectivity index (χ0) is 19.8. The predicted octanol–water partition coefficient (Wildman–Crippen LogP) is 4.12. The van der Waals surface area contributed by atoms with E-state index in [0.717, 1.165) is 11.6 Å². The van der Waals surface area contributed by atoms with E-state index in [1.807, 2.05) is 6.92 Å². The van der Waals surface area contributed by atoms with Crippen LogP contribution >= 0.6 is 0 Å². The van der Waals surface area contributed by atoms with Gasteiger partial charge in [0, 0.05) is 5.56 Å². The van der Waals surface area contributed by atoms with Gasteiger partial charge in [0.2, 0.25) is 0 Å². The summed E-state index contributed by atoms with van der Waals surface area (Å²) in [7, 11) is -4.11. The van der Waals surface area contributed by atoms with Crippen molar-refractivity contribution in [1.82, 2.24) is 9.89 Å². The monoisotopic (exact) mass is 395 g/mol. The fraction of sp³-hybridized carbons (Fsp3) is 0.167. The van der Waals surface area contributed by atoms with Crippen LogP contribution in [0.25, 0.3) is 11.3 Å². The van der Waals surface area contributed by atoms with E-state index in [0.29, 0.717) is 15.9 Å². The van der Waals surface area contributed by atoms with E-state index in [2.05, 4.69) is 9.93 Å². The Morgan fingerprint density at radius 3 is 2.26 bits per heavy atom. The summed E-state index contributed by atoms with van der Waals surface area (Å²) in [5.41, 5.74) is 0.888. The molecule has 0 spiro atoms. The van der Waals surface area contributed by atoms with Gasteiger partial charge in [0.1, 0.15) is 0 Å². The minimum Gasteiger partial charge on any atom is -0.200 e. The molecule has 3 rings (SSSR count). The largest absolute Gasteiger partial charge is 0.435 e. The van der Waals surface area contributed by atoms with Crippen LogP contribution in [-0.2, 0) is 16.2 Å². The first kappa shape index (κ1) is 19.0. The van der Waals surface area contributed by atoms with Gasteiger partial charge in [-0.2, -0.15) is 31.2 Å². The number of alkyl halides is 3. The lowest BCUT2D eigenvalue weighted by Crippen LogP contribution is -2.25. The van der Waals surface area contributed by atoms with Crippen molar-refractivity contribution in [3.8, 4) is 11.3 Å². The van der Waals surface area contributed by atoms with E-state index in [4.69, 9.17) is 0 Å². The number of sulfonamides is 1. The molecular weight excluding hydrogens is 379 g/mol. The Hall–Kier alpha value is -2.81. The third-order valence-electron chi connectivity index (χ3n) is 3.92. The van der Waals surface area contributed by atoms with Crippen LogP contribution < -0.4 is 4.83 Å². The van der Waals surface area contributed by atoms with E-state index in [9.17, 15) is 21.6 Å². The Balaban J connectivity index is 2.13. The summed E-state index contributed by atoms with van der Waals surface area (Å²) in [4.78, 5) is 2.69. The van der Waals surface area contributed by atoms with Crippen LogP contribution in [-0.4, -0.2) is 18.3 Å². The summed E-state index contributed by atoms with van der Waals surface area (Å²) in [5.74, 6) is 0. The number of rotatable bonds is 4. The standard InChI is InChI=1S/C18H16F3N3O2S/c1-12-8-9-15(13(2)10-12)16-11-17(18(19,20)21)22-24(16)23-27(25,26)14-6-4-3-5-7-14/h3-11,23H,1-2H3. The predicted molar refractivity (Wildman–Crippen MR) is 95.1 cm³/mol. The smallest absolute Gasteiger partial charge is 0.200 e. The van der Waals surface area contributed by atoms with E-state index in [-0.39, 0.29) is 10.6 Å². The van der Waals surface area contributed by atoms with Gasteiger partial charge in [-0.3, -0.25) is 0 Å². The van der Waals surface area contributed by atoms with Crippen molar-refractivity contribution in [2.75, 3.05) is 4.83 Å². The quantitative estimate of drug-likeness (QED) is 0.723.